The van der Waals surface area contributed by atoms with Gasteiger partial charge in [-0.3, -0.25) is 0 Å². The molecule has 0 atom stereocenters. The Kier molecular flexibility index (Phi) is 12.2. The number of rotatable bonds is 16. The van der Waals surface area contributed by atoms with E-state index in [9.17, 15) is 0 Å². The molecule has 4 rings (SSSR count). The van der Waals surface area contributed by atoms with Crippen molar-refractivity contribution in [2.24, 2.45) is 0 Å². The van der Waals surface area contributed by atoms with Gasteiger partial charge in [0.25, 0.3) is 0 Å². The number of hydrogen-bond donors (Lipinski definition) is 0. The molecule has 4 aromatic carbocycles. The maximum Gasteiger partial charge on any atom is 0.167 e. The number of benzene rings is 4. The summed E-state index contributed by atoms with van der Waals surface area (Å²) in [5.74, 6) is -1.59. The summed E-state index contributed by atoms with van der Waals surface area (Å²) in [6.45, 7) is 4.44. The lowest BCUT2D eigenvalue weighted by molar-refractivity contribution is 0.514. The normalized spacial score (nSPS) is 11.2. The van der Waals surface area contributed by atoms with E-state index in [1.807, 2.05) is 36.4 Å². The van der Waals surface area contributed by atoms with Gasteiger partial charge in [0.2, 0.25) is 0 Å². The molecule has 4 aromatic rings. The Bertz CT molecular complexity index is 1320. The van der Waals surface area contributed by atoms with E-state index in [0.717, 1.165) is 30.4 Å². The van der Waals surface area contributed by atoms with Crippen molar-refractivity contribution < 1.29 is 8.78 Å². The fraction of sp³-hybridized carbons (Fsp3) is 0.385. The minimum Gasteiger partial charge on any atom is -0.203 e. The van der Waals surface area contributed by atoms with Gasteiger partial charge in [0.05, 0.1) is 0 Å². The van der Waals surface area contributed by atoms with Gasteiger partial charge in [0, 0.05) is 11.1 Å². The van der Waals surface area contributed by atoms with Crippen molar-refractivity contribution in [3.05, 3.63) is 108 Å². The van der Waals surface area contributed by atoms with Crippen LogP contribution in [0.2, 0.25) is 0 Å². The molecule has 2 heteroatoms. The van der Waals surface area contributed by atoms with Gasteiger partial charge in [-0.25, -0.2) is 8.78 Å². The lowest BCUT2D eigenvalue weighted by Crippen LogP contribution is -1.94. The second kappa shape index (κ2) is 16.2. The zero-order valence-electron chi connectivity index (χ0n) is 25.0. The molecule has 0 saturated heterocycles. The Morgan fingerprint density at radius 3 is 1.20 bits per heavy atom. The monoisotopic (exact) mass is 552 g/mol. The van der Waals surface area contributed by atoms with E-state index >= 15 is 8.78 Å². The number of unbranched alkanes of at least 4 members (excludes halogenated alkanes) is 9. The van der Waals surface area contributed by atoms with Crippen molar-refractivity contribution in [2.75, 3.05) is 0 Å². The first-order valence-corrected chi connectivity index (χ1v) is 15.9. The fourth-order valence-electron chi connectivity index (χ4n) is 5.66. The zero-order chi connectivity index (χ0) is 28.9. The van der Waals surface area contributed by atoms with E-state index in [0.29, 0.717) is 16.7 Å². The number of aryl methyl sites for hydroxylation is 2. The maximum atomic E-state index is 15.2. The average Bonchev–Trinajstić information content (AvgIpc) is 3.01. The van der Waals surface area contributed by atoms with Crippen LogP contribution in [0.15, 0.2) is 84.9 Å². The molecule has 0 aromatic heterocycles. The summed E-state index contributed by atoms with van der Waals surface area (Å²) in [6.07, 6.45) is 16.5. The van der Waals surface area contributed by atoms with Crippen LogP contribution in [0.3, 0.4) is 0 Å². The topological polar surface area (TPSA) is 0 Å². The molecule has 0 aliphatic heterocycles. The number of halogens is 2. The minimum absolute atomic E-state index is 0.286. The Morgan fingerprint density at radius 2 is 0.732 bits per heavy atom. The summed E-state index contributed by atoms with van der Waals surface area (Å²) in [4.78, 5) is 0. The molecule has 41 heavy (non-hydrogen) atoms. The Balaban J connectivity index is 1.31. The van der Waals surface area contributed by atoms with Gasteiger partial charge < -0.3 is 0 Å². The Morgan fingerprint density at radius 1 is 0.366 bits per heavy atom. The quantitative estimate of drug-likeness (QED) is 0.121. The van der Waals surface area contributed by atoms with Crippen molar-refractivity contribution in [1.29, 1.82) is 0 Å². The first kappa shape index (κ1) is 30.7. The third-order valence-corrected chi connectivity index (χ3v) is 8.19. The minimum atomic E-state index is -0.798. The smallest absolute Gasteiger partial charge is 0.167 e. The molecule has 0 heterocycles. The second-order valence-electron chi connectivity index (χ2n) is 11.4. The summed E-state index contributed by atoms with van der Waals surface area (Å²) in [5.41, 5.74) is 6.74. The van der Waals surface area contributed by atoms with E-state index in [1.165, 1.54) is 75.3 Å². The van der Waals surface area contributed by atoms with Crippen LogP contribution in [0.1, 0.15) is 95.6 Å². The molecule has 0 saturated carbocycles. The molecule has 0 amide bonds. The third-order valence-electron chi connectivity index (χ3n) is 8.19. The molecule has 0 N–H and O–H groups in total. The van der Waals surface area contributed by atoms with Gasteiger partial charge in [-0.1, -0.05) is 163 Å². The molecule has 0 aliphatic carbocycles. The van der Waals surface area contributed by atoms with Crippen molar-refractivity contribution in [2.45, 2.75) is 97.3 Å². The molecule has 216 valence electrons. The molecular weight excluding hydrogens is 506 g/mol. The summed E-state index contributed by atoms with van der Waals surface area (Å²) >= 11 is 0. The lowest BCUT2D eigenvalue weighted by Gasteiger charge is -2.11. The molecule has 0 spiro atoms. The second-order valence-corrected chi connectivity index (χ2v) is 11.4. The SMILES string of the molecule is CCCCCCCCCCCCc1ccc(-c2ccc(-c3ccc(-c4ccc(CCC)cc4)cc3)c(F)c2F)cc1. The van der Waals surface area contributed by atoms with Crippen LogP contribution < -0.4 is 0 Å². The first-order valence-electron chi connectivity index (χ1n) is 15.9. The molecule has 0 aliphatic rings. The van der Waals surface area contributed by atoms with Gasteiger partial charge in [0.1, 0.15) is 0 Å². The highest BCUT2D eigenvalue weighted by Crippen LogP contribution is 2.33. The average molecular weight is 553 g/mol. The van der Waals surface area contributed by atoms with Crippen LogP contribution in [0.4, 0.5) is 8.78 Å². The van der Waals surface area contributed by atoms with Crippen LogP contribution in [-0.2, 0) is 12.8 Å². The largest absolute Gasteiger partial charge is 0.203 e. The third kappa shape index (κ3) is 8.86. The number of hydrogen-bond acceptors (Lipinski definition) is 0. The highest BCUT2D eigenvalue weighted by Gasteiger charge is 2.16. The molecule has 0 bridgehead atoms. The fourth-order valence-corrected chi connectivity index (χ4v) is 5.66. The van der Waals surface area contributed by atoms with Crippen molar-refractivity contribution >= 4 is 0 Å². The first-order chi connectivity index (χ1) is 20.1. The van der Waals surface area contributed by atoms with Gasteiger partial charge in [-0.2, -0.15) is 0 Å². The summed E-state index contributed by atoms with van der Waals surface area (Å²) in [5, 5.41) is 0. The zero-order valence-corrected chi connectivity index (χ0v) is 25.0. The van der Waals surface area contributed by atoms with Gasteiger partial charge in [-0.05, 0) is 52.6 Å². The van der Waals surface area contributed by atoms with Gasteiger partial charge in [-0.15, -0.1) is 0 Å². The molecule has 0 unspecified atom stereocenters. The maximum absolute atomic E-state index is 15.2. The van der Waals surface area contributed by atoms with Crippen LogP contribution in [0, 0.1) is 11.6 Å². The van der Waals surface area contributed by atoms with E-state index in [2.05, 4.69) is 50.2 Å². The predicted octanol–water partition coefficient (Wildman–Crippen LogP) is 12.4. The Hall–Kier alpha value is -3.26. The van der Waals surface area contributed by atoms with Crippen molar-refractivity contribution in [3.8, 4) is 33.4 Å². The van der Waals surface area contributed by atoms with E-state index in [4.69, 9.17) is 0 Å². The molecular formula is C39H46F2. The van der Waals surface area contributed by atoms with E-state index in [1.54, 1.807) is 12.1 Å². The van der Waals surface area contributed by atoms with Crippen molar-refractivity contribution in [3.63, 3.8) is 0 Å². The van der Waals surface area contributed by atoms with Crippen LogP contribution >= 0.6 is 0 Å². The molecule has 0 radical (unpaired) electrons. The highest BCUT2D eigenvalue weighted by molar-refractivity contribution is 5.74. The van der Waals surface area contributed by atoms with Crippen LogP contribution in [-0.4, -0.2) is 0 Å². The van der Waals surface area contributed by atoms with E-state index < -0.39 is 11.6 Å². The predicted molar refractivity (Wildman–Crippen MR) is 172 cm³/mol. The highest BCUT2D eigenvalue weighted by atomic mass is 19.2. The Labute approximate surface area is 246 Å². The van der Waals surface area contributed by atoms with Crippen molar-refractivity contribution in [1.82, 2.24) is 0 Å². The standard InChI is InChI=1S/C39H46F2/c1-3-5-6-7-8-9-10-11-12-13-15-31-18-22-34(23-19-31)36-28-29-37(39(41)38(36)40)35-26-24-33(25-27-35)32-20-16-30(14-4-2)17-21-32/h16-29H,3-15H2,1-2H3. The summed E-state index contributed by atoms with van der Waals surface area (Å²) in [7, 11) is 0. The van der Waals surface area contributed by atoms with E-state index in [-0.39, 0.29) is 5.56 Å². The summed E-state index contributed by atoms with van der Waals surface area (Å²) < 4.78 is 30.5. The lowest BCUT2D eigenvalue weighted by atomic mass is 9.96. The molecule has 0 nitrogen and oxygen atoms in total. The van der Waals surface area contributed by atoms with Crippen LogP contribution in [0.5, 0.6) is 0 Å². The van der Waals surface area contributed by atoms with Crippen LogP contribution in [0.25, 0.3) is 33.4 Å². The van der Waals surface area contributed by atoms with Gasteiger partial charge >= 0.3 is 0 Å². The molecule has 0 fully saturated rings. The van der Waals surface area contributed by atoms with Gasteiger partial charge in [0.15, 0.2) is 11.6 Å². The summed E-state index contributed by atoms with van der Waals surface area (Å²) in [6, 6.07) is 27.6.